The minimum absolute atomic E-state index is 0.0284. The van der Waals surface area contributed by atoms with E-state index in [0.29, 0.717) is 13.2 Å². The van der Waals surface area contributed by atoms with Gasteiger partial charge in [-0.2, -0.15) is 0 Å². The van der Waals surface area contributed by atoms with Gasteiger partial charge in [0.25, 0.3) is 5.91 Å². The van der Waals surface area contributed by atoms with Crippen LogP contribution in [0.2, 0.25) is 0 Å². The van der Waals surface area contributed by atoms with Crippen LogP contribution in [-0.2, 0) is 16.1 Å². The number of hydrogen-bond donors (Lipinski definition) is 0. The molecule has 2 aliphatic heterocycles. The lowest BCUT2D eigenvalue weighted by Crippen LogP contribution is -2.43. The van der Waals surface area contributed by atoms with Gasteiger partial charge in [-0.05, 0) is 35.9 Å². The van der Waals surface area contributed by atoms with E-state index in [2.05, 4.69) is 4.98 Å². The summed E-state index contributed by atoms with van der Waals surface area (Å²) in [6.07, 6.45) is 5.42. The first-order chi connectivity index (χ1) is 11.8. The Balaban J connectivity index is 1.48. The standard InChI is InChI=1S/C18H20N2O3S/c21-18(16-6-3-9-24-16)20-11-15(17-14(20)5-2-8-22-17)23-12-13-4-1-7-19-10-13/h1,3-4,6-7,9-10,14-15,17H,2,5,8,11-12H2/t14-,15-,17+/m1/s1. The third-order valence-electron chi connectivity index (χ3n) is 4.66. The molecule has 2 fully saturated rings. The Labute approximate surface area is 145 Å². The quantitative estimate of drug-likeness (QED) is 0.856. The monoisotopic (exact) mass is 344 g/mol. The summed E-state index contributed by atoms with van der Waals surface area (Å²) in [5.74, 6) is 0.0953. The van der Waals surface area contributed by atoms with Crippen LogP contribution >= 0.6 is 11.3 Å². The molecular weight excluding hydrogens is 324 g/mol. The molecule has 126 valence electrons. The molecule has 4 heterocycles. The number of likely N-dealkylation sites (tertiary alicyclic amines) is 1. The summed E-state index contributed by atoms with van der Waals surface area (Å²) in [6, 6.07) is 7.82. The first-order valence-corrected chi connectivity index (χ1v) is 9.17. The number of pyridine rings is 1. The van der Waals surface area contributed by atoms with E-state index in [4.69, 9.17) is 9.47 Å². The molecule has 5 nitrogen and oxygen atoms in total. The molecule has 0 radical (unpaired) electrons. The van der Waals surface area contributed by atoms with Crippen molar-refractivity contribution in [2.45, 2.75) is 37.7 Å². The van der Waals surface area contributed by atoms with E-state index in [1.165, 1.54) is 11.3 Å². The highest BCUT2D eigenvalue weighted by atomic mass is 32.1. The van der Waals surface area contributed by atoms with Gasteiger partial charge in [-0.15, -0.1) is 11.3 Å². The molecule has 2 aromatic rings. The summed E-state index contributed by atoms with van der Waals surface area (Å²) in [5, 5.41) is 1.94. The Morgan fingerprint density at radius 3 is 3.17 bits per heavy atom. The largest absolute Gasteiger partial charge is 0.373 e. The van der Waals surface area contributed by atoms with E-state index in [1.807, 2.05) is 40.7 Å². The maximum atomic E-state index is 12.8. The number of ether oxygens (including phenoxy) is 2. The number of hydrogen-bond acceptors (Lipinski definition) is 5. The van der Waals surface area contributed by atoms with Crippen LogP contribution in [0, 0.1) is 0 Å². The molecule has 6 heteroatoms. The van der Waals surface area contributed by atoms with E-state index in [0.717, 1.165) is 29.9 Å². The van der Waals surface area contributed by atoms with E-state index < -0.39 is 0 Å². The molecular formula is C18H20N2O3S. The Morgan fingerprint density at radius 1 is 1.42 bits per heavy atom. The summed E-state index contributed by atoms with van der Waals surface area (Å²) in [6.45, 7) is 1.83. The van der Waals surface area contributed by atoms with Gasteiger partial charge >= 0.3 is 0 Å². The molecule has 0 aromatic carbocycles. The molecule has 24 heavy (non-hydrogen) atoms. The van der Waals surface area contributed by atoms with Crippen LogP contribution in [0.15, 0.2) is 42.0 Å². The third-order valence-corrected chi connectivity index (χ3v) is 5.51. The third kappa shape index (κ3) is 3.09. The molecule has 2 aromatic heterocycles. The number of fused-ring (bicyclic) bond motifs is 1. The van der Waals surface area contributed by atoms with Crippen molar-refractivity contribution < 1.29 is 14.3 Å². The van der Waals surface area contributed by atoms with Crippen molar-refractivity contribution in [1.29, 1.82) is 0 Å². The fraction of sp³-hybridized carbons (Fsp3) is 0.444. The van der Waals surface area contributed by atoms with Crippen LogP contribution < -0.4 is 0 Å². The topological polar surface area (TPSA) is 51.7 Å². The number of nitrogens with zero attached hydrogens (tertiary/aromatic N) is 2. The summed E-state index contributed by atoms with van der Waals surface area (Å²) in [7, 11) is 0. The normalized spacial score (nSPS) is 26.3. The predicted octanol–water partition coefficient (Wildman–Crippen LogP) is 2.73. The first-order valence-electron chi connectivity index (χ1n) is 8.29. The molecule has 4 rings (SSSR count). The number of rotatable bonds is 4. The molecule has 2 aliphatic rings. The zero-order valence-electron chi connectivity index (χ0n) is 13.3. The maximum absolute atomic E-state index is 12.8. The van der Waals surface area contributed by atoms with E-state index in [9.17, 15) is 4.79 Å². The zero-order valence-corrected chi connectivity index (χ0v) is 14.2. The SMILES string of the molecule is O=C(c1cccs1)N1C[C@@H](OCc2cccnc2)[C@H]2OCCC[C@H]21. The second-order valence-corrected chi connectivity index (χ2v) is 7.14. The van der Waals surface area contributed by atoms with Crippen molar-refractivity contribution in [3.8, 4) is 0 Å². The molecule has 0 unspecified atom stereocenters. The van der Waals surface area contributed by atoms with Crippen molar-refractivity contribution in [3.05, 3.63) is 52.5 Å². The van der Waals surface area contributed by atoms with Crippen molar-refractivity contribution >= 4 is 17.2 Å². The molecule has 0 spiro atoms. The van der Waals surface area contributed by atoms with Gasteiger partial charge in [0, 0.05) is 19.0 Å². The Bertz CT molecular complexity index is 677. The zero-order chi connectivity index (χ0) is 16.4. The summed E-state index contributed by atoms with van der Waals surface area (Å²) < 4.78 is 12.1. The lowest BCUT2D eigenvalue weighted by molar-refractivity contribution is -0.0809. The van der Waals surface area contributed by atoms with Crippen LogP contribution in [0.4, 0.5) is 0 Å². The minimum Gasteiger partial charge on any atom is -0.373 e. The number of carbonyl (C=O) groups is 1. The molecule has 3 atom stereocenters. The number of thiophene rings is 1. The average molecular weight is 344 g/mol. The van der Waals surface area contributed by atoms with Crippen LogP contribution in [-0.4, -0.2) is 47.2 Å². The van der Waals surface area contributed by atoms with Crippen LogP contribution in [0.25, 0.3) is 0 Å². The van der Waals surface area contributed by atoms with Gasteiger partial charge in [0.1, 0.15) is 12.2 Å². The van der Waals surface area contributed by atoms with Crippen molar-refractivity contribution in [1.82, 2.24) is 9.88 Å². The van der Waals surface area contributed by atoms with E-state index in [-0.39, 0.29) is 24.2 Å². The Hall–Kier alpha value is -1.76. The molecule has 0 saturated carbocycles. The molecule has 2 saturated heterocycles. The lowest BCUT2D eigenvalue weighted by Gasteiger charge is -2.32. The highest BCUT2D eigenvalue weighted by Gasteiger charge is 2.46. The summed E-state index contributed by atoms with van der Waals surface area (Å²) >= 11 is 1.49. The average Bonchev–Trinajstić information content (AvgIpc) is 3.29. The maximum Gasteiger partial charge on any atom is 0.264 e. The molecule has 0 aliphatic carbocycles. The smallest absolute Gasteiger partial charge is 0.264 e. The number of carbonyl (C=O) groups excluding carboxylic acids is 1. The minimum atomic E-state index is -0.0839. The lowest BCUT2D eigenvalue weighted by atomic mass is 10.0. The second kappa shape index (κ2) is 7.01. The fourth-order valence-corrected chi connectivity index (χ4v) is 4.20. The van der Waals surface area contributed by atoms with E-state index in [1.54, 1.807) is 6.20 Å². The highest BCUT2D eigenvalue weighted by Crippen LogP contribution is 2.32. The highest BCUT2D eigenvalue weighted by molar-refractivity contribution is 7.12. The van der Waals surface area contributed by atoms with Crippen LogP contribution in [0.1, 0.15) is 28.1 Å². The molecule has 0 bridgehead atoms. The number of aromatic nitrogens is 1. The van der Waals surface area contributed by atoms with Crippen molar-refractivity contribution in [2.24, 2.45) is 0 Å². The first kappa shape index (κ1) is 15.7. The van der Waals surface area contributed by atoms with Crippen LogP contribution in [0.5, 0.6) is 0 Å². The van der Waals surface area contributed by atoms with Crippen molar-refractivity contribution in [2.75, 3.05) is 13.2 Å². The van der Waals surface area contributed by atoms with Gasteiger partial charge in [-0.25, -0.2) is 0 Å². The van der Waals surface area contributed by atoms with Gasteiger partial charge in [0.05, 0.1) is 24.1 Å². The van der Waals surface area contributed by atoms with Gasteiger partial charge in [-0.1, -0.05) is 12.1 Å². The Morgan fingerprint density at radius 2 is 2.38 bits per heavy atom. The van der Waals surface area contributed by atoms with Gasteiger partial charge in [-0.3, -0.25) is 9.78 Å². The Kier molecular flexibility index (Phi) is 4.60. The van der Waals surface area contributed by atoms with Crippen molar-refractivity contribution in [3.63, 3.8) is 0 Å². The van der Waals surface area contributed by atoms with E-state index >= 15 is 0 Å². The second-order valence-electron chi connectivity index (χ2n) is 6.19. The van der Waals surface area contributed by atoms with Gasteiger partial charge in [0.15, 0.2) is 0 Å². The van der Waals surface area contributed by atoms with Crippen LogP contribution in [0.3, 0.4) is 0 Å². The van der Waals surface area contributed by atoms with Gasteiger partial charge in [0.2, 0.25) is 0 Å². The molecule has 1 amide bonds. The molecule has 0 N–H and O–H groups in total. The predicted molar refractivity (Wildman–Crippen MR) is 90.9 cm³/mol. The number of amides is 1. The summed E-state index contributed by atoms with van der Waals surface area (Å²) in [5.41, 5.74) is 1.04. The summed E-state index contributed by atoms with van der Waals surface area (Å²) in [4.78, 5) is 19.6. The fourth-order valence-electron chi connectivity index (χ4n) is 3.52. The van der Waals surface area contributed by atoms with Gasteiger partial charge < -0.3 is 14.4 Å².